The summed E-state index contributed by atoms with van der Waals surface area (Å²) < 4.78 is 6.93. The molecule has 4 rings (SSSR count). The first-order valence-electron chi connectivity index (χ1n) is 10.5. The van der Waals surface area contributed by atoms with Crippen LogP contribution in [-0.4, -0.2) is 28.3 Å². The Morgan fingerprint density at radius 2 is 1.82 bits per heavy atom. The number of hydrogen-bond acceptors (Lipinski definition) is 5. The molecule has 1 heterocycles. The van der Waals surface area contributed by atoms with Crippen LogP contribution < -0.4 is 15.6 Å². The van der Waals surface area contributed by atoms with Gasteiger partial charge in [-0.25, -0.2) is 4.98 Å². The first kappa shape index (κ1) is 22.6. The van der Waals surface area contributed by atoms with E-state index in [4.69, 9.17) is 9.72 Å². The number of thioether (sulfide) groups is 1. The average molecular weight is 460 g/mol. The summed E-state index contributed by atoms with van der Waals surface area (Å²) in [6.07, 6.45) is 0. The molecule has 0 fully saturated rings. The fraction of sp³-hybridized carbons (Fsp3) is 0.192. The normalized spacial score (nSPS) is 10.9. The van der Waals surface area contributed by atoms with E-state index in [9.17, 15) is 9.59 Å². The number of carbonyl (C=O) groups is 1. The van der Waals surface area contributed by atoms with Gasteiger partial charge in [-0.05, 0) is 73.9 Å². The number of nitrogens with one attached hydrogen (secondary N) is 1. The van der Waals surface area contributed by atoms with Crippen LogP contribution >= 0.6 is 11.8 Å². The summed E-state index contributed by atoms with van der Waals surface area (Å²) in [6, 6.07) is 18.7. The molecule has 1 N–H and O–H groups in total. The molecular formula is C26H25N3O3S. The molecule has 4 aromatic rings. The van der Waals surface area contributed by atoms with E-state index >= 15 is 0 Å². The minimum atomic E-state index is -0.210. The van der Waals surface area contributed by atoms with Crippen LogP contribution in [-0.2, 0) is 4.79 Å². The van der Waals surface area contributed by atoms with E-state index in [1.807, 2.05) is 75.4 Å². The first-order valence-corrected chi connectivity index (χ1v) is 11.5. The van der Waals surface area contributed by atoms with Crippen LogP contribution in [0.5, 0.6) is 5.75 Å². The molecule has 33 heavy (non-hydrogen) atoms. The van der Waals surface area contributed by atoms with Gasteiger partial charge in [-0.1, -0.05) is 36.0 Å². The molecule has 0 unspecified atom stereocenters. The number of anilines is 1. The largest absolute Gasteiger partial charge is 0.495 e. The van der Waals surface area contributed by atoms with Gasteiger partial charge in [0.2, 0.25) is 5.91 Å². The van der Waals surface area contributed by atoms with E-state index in [-0.39, 0.29) is 17.2 Å². The third-order valence-corrected chi connectivity index (χ3v) is 6.39. The maximum Gasteiger partial charge on any atom is 0.266 e. The van der Waals surface area contributed by atoms with Gasteiger partial charge < -0.3 is 10.1 Å². The van der Waals surface area contributed by atoms with Gasteiger partial charge in [-0.2, -0.15) is 0 Å². The molecule has 0 aliphatic heterocycles. The van der Waals surface area contributed by atoms with Gasteiger partial charge in [0.15, 0.2) is 5.16 Å². The number of aromatic nitrogens is 2. The van der Waals surface area contributed by atoms with Crippen molar-refractivity contribution in [3.8, 4) is 11.4 Å². The lowest BCUT2D eigenvalue weighted by atomic mass is 10.1. The number of fused-ring (bicyclic) bond motifs is 1. The maximum atomic E-state index is 13.4. The van der Waals surface area contributed by atoms with Crippen LogP contribution in [0, 0.1) is 20.8 Å². The van der Waals surface area contributed by atoms with E-state index in [1.54, 1.807) is 17.7 Å². The van der Waals surface area contributed by atoms with Gasteiger partial charge in [0, 0.05) is 0 Å². The molecule has 0 aliphatic rings. The quantitative estimate of drug-likeness (QED) is 0.323. The Bertz CT molecular complexity index is 1410. The molecule has 1 amide bonds. The second-order valence-electron chi connectivity index (χ2n) is 7.86. The predicted molar refractivity (Wildman–Crippen MR) is 134 cm³/mol. The maximum absolute atomic E-state index is 13.4. The summed E-state index contributed by atoms with van der Waals surface area (Å²) >= 11 is 1.22. The molecule has 1 aromatic heterocycles. The van der Waals surface area contributed by atoms with Gasteiger partial charge in [-0.3, -0.25) is 14.2 Å². The molecule has 168 valence electrons. The molecule has 0 atom stereocenters. The number of hydrogen-bond donors (Lipinski definition) is 1. The van der Waals surface area contributed by atoms with E-state index in [1.165, 1.54) is 11.8 Å². The van der Waals surface area contributed by atoms with Crippen molar-refractivity contribution in [2.24, 2.45) is 0 Å². The van der Waals surface area contributed by atoms with Crippen LogP contribution in [0.15, 0.2) is 70.6 Å². The zero-order valence-corrected chi connectivity index (χ0v) is 19.8. The number of aryl methyl sites for hydroxylation is 3. The number of amides is 1. The summed E-state index contributed by atoms with van der Waals surface area (Å²) in [6.45, 7) is 5.99. The Balaban J connectivity index is 1.68. The van der Waals surface area contributed by atoms with Crippen molar-refractivity contribution in [3.05, 3.63) is 87.7 Å². The molecule has 0 spiro atoms. The summed E-state index contributed by atoms with van der Waals surface area (Å²) in [5, 5.41) is 3.90. The smallest absolute Gasteiger partial charge is 0.266 e. The third kappa shape index (κ3) is 4.78. The SMILES string of the molecule is COc1ccc(C)cc1NC(=O)CSc1nc2ccccc2c(=O)n1-c1ccc(C)c(C)c1. The number of para-hydroxylation sites is 1. The number of rotatable bonds is 6. The topological polar surface area (TPSA) is 73.2 Å². The van der Waals surface area contributed by atoms with Gasteiger partial charge in [0.05, 0.1) is 35.1 Å². The van der Waals surface area contributed by atoms with Crippen LogP contribution in [0.1, 0.15) is 16.7 Å². The fourth-order valence-corrected chi connectivity index (χ4v) is 4.35. The van der Waals surface area contributed by atoms with Crippen molar-refractivity contribution >= 4 is 34.3 Å². The van der Waals surface area contributed by atoms with Crippen molar-refractivity contribution in [1.29, 1.82) is 0 Å². The Hall–Kier alpha value is -3.58. The molecule has 0 saturated heterocycles. The number of nitrogens with zero attached hydrogens (tertiary/aromatic N) is 2. The lowest BCUT2D eigenvalue weighted by Crippen LogP contribution is -2.23. The molecule has 0 radical (unpaired) electrons. The Morgan fingerprint density at radius 1 is 1.03 bits per heavy atom. The third-order valence-electron chi connectivity index (χ3n) is 5.46. The summed E-state index contributed by atoms with van der Waals surface area (Å²) in [5.41, 5.74) is 5.01. The molecule has 6 nitrogen and oxygen atoms in total. The van der Waals surface area contributed by atoms with Crippen LogP contribution in [0.4, 0.5) is 5.69 Å². The van der Waals surface area contributed by atoms with Crippen molar-refractivity contribution in [3.63, 3.8) is 0 Å². The van der Waals surface area contributed by atoms with Gasteiger partial charge in [0.25, 0.3) is 5.56 Å². The second kappa shape index (κ2) is 9.50. The average Bonchev–Trinajstić information content (AvgIpc) is 2.80. The van der Waals surface area contributed by atoms with Gasteiger partial charge >= 0.3 is 0 Å². The van der Waals surface area contributed by atoms with E-state index in [2.05, 4.69) is 5.32 Å². The molecule has 0 saturated carbocycles. The minimum Gasteiger partial charge on any atom is -0.495 e. The summed E-state index contributed by atoms with van der Waals surface area (Å²) in [4.78, 5) is 30.9. The highest BCUT2D eigenvalue weighted by atomic mass is 32.2. The fourth-order valence-electron chi connectivity index (χ4n) is 3.54. The molecule has 3 aromatic carbocycles. The zero-order chi connectivity index (χ0) is 23.5. The Kier molecular flexibility index (Phi) is 6.51. The second-order valence-corrected chi connectivity index (χ2v) is 8.80. The van der Waals surface area contributed by atoms with Gasteiger partial charge in [-0.15, -0.1) is 0 Å². The number of ether oxygens (including phenoxy) is 1. The standard InChI is InChI=1S/C26H25N3O3S/c1-16-9-12-23(32-4)22(13-16)27-24(30)15-33-26-28-21-8-6-5-7-20(21)25(31)29(26)19-11-10-17(2)18(3)14-19/h5-14H,15H2,1-4H3,(H,27,30). The number of benzene rings is 3. The first-order chi connectivity index (χ1) is 15.9. The van der Waals surface area contributed by atoms with Crippen molar-refractivity contribution in [1.82, 2.24) is 9.55 Å². The van der Waals surface area contributed by atoms with E-state index < -0.39 is 0 Å². The highest BCUT2D eigenvalue weighted by Crippen LogP contribution is 2.27. The van der Waals surface area contributed by atoms with Crippen LogP contribution in [0.25, 0.3) is 16.6 Å². The molecular weight excluding hydrogens is 434 g/mol. The van der Waals surface area contributed by atoms with Crippen LogP contribution in [0.3, 0.4) is 0 Å². The minimum absolute atomic E-state index is 0.0900. The van der Waals surface area contributed by atoms with Crippen LogP contribution in [0.2, 0.25) is 0 Å². The molecule has 0 bridgehead atoms. The summed E-state index contributed by atoms with van der Waals surface area (Å²) in [7, 11) is 1.57. The molecule has 7 heteroatoms. The predicted octanol–water partition coefficient (Wildman–Crippen LogP) is 5.05. The highest BCUT2D eigenvalue weighted by Gasteiger charge is 2.16. The van der Waals surface area contributed by atoms with E-state index in [0.717, 1.165) is 22.4 Å². The number of methoxy groups -OCH3 is 1. The van der Waals surface area contributed by atoms with Crippen molar-refractivity contribution in [2.45, 2.75) is 25.9 Å². The lowest BCUT2D eigenvalue weighted by Gasteiger charge is -2.15. The Morgan fingerprint density at radius 3 is 2.58 bits per heavy atom. The summed E-state index contributed by atoms with van der Waals surface area (Å²) in [5.74, 6) is 0.472. The lowest BCUT2D eigenvalue weighted by molar-refractivity contribution is -0.113. The number of carbonyl (C=O) groups excluding carboxylic acids is 1. The van der Waals surface area contributed by atoms with Crippen molar-refractivity contribution < 1.29 is 9.53 Å². The van der Waals surface area contributed by atoms with Crippen molar-refractivity contribution in [2.75, 3.05) is 18.2 Å². The van der Waals surface area contributed by atoms with Gasteiger partial charge in [0.1, 0.15) is 5.75 Å². The monoisotopic (exact) mass is 459 g/mol. The Labute approximate surface area is 196 Å². The highest BCUT2D eigenvalue weighted by molar-refractivity contribution is 7.99. The van der Waals surface area contributed by atoms with E-state index in [0.29, 0.717) is 27.5 Å². The zero-order valence-electron chi connectivity index (χ0n) is 19.0. The molecule has 0 aliphatic carbocycles.